The maximum atomic E-state index is 5.47. The van der Waals surface area contributed by atoms with Gasteiger partial charge in [0.05, 0.1) is 6.61 Å². The molecule has 1 heterocycles. The van der Waals surface area contributed by atoms with Crippen molar-refractivity contribution in [3.63, 3.8) is 0 Å². The van der Waals surface area contributed by atoms with Gasteiger partial charge in [0.2, 0.25) is 0 Å². The molecule has 1 fully saturated rings. The summed E-state index contributed by atoms with van der Waals surface area (Å²) in [6, 6.07) is 0. The molecule has 1 aliphatic heterocycles. The molecule has 0 aliphatic carbocycles. The van der Waals surface area contributed by atoms with Crippen LogP contribution in [-0.4, -0.2) is 48.8 Å². The van der Waals surface area contributed by atoms with Gasteiger partial charge in [0, 0.05) is 37.3 Å². The third kappa shape index (κ3) is 3.44. The van der Waals surface area contributed by atoms with E-state index in [1.54, 1.807) is 0 Å². The fraction of sp³-hybridized carbons (Fsp3) is 1.00. The molecule has 3 heteroatoms. The summed E-state index contributed by atoms with van der Waals surface area (Å²) in [7, 11) is 0. The first-order valence-corrected chi connectivity index (χ1v) is 6.51. The van der Waals surface area contributed by atoms with E-state index in [9.17, 15) is 0 Å². The number of nitrogens with one attached hydrogen (secondary N) is 1. The van der Waals surface area contributed by atoms with Crippen molar-refractivity contribution in [2.75, 3.05) is 32.8 Å². The van der Waals surface area contributed by atoms with Crippen LogP contribution in [0.15, 0.2) is 0 Å². The number of hydrogen-bond donors (Lipinski definition) is 1. The Morgan fingerprint density at radius 1 is 1.25 bits per heavy atom. The van der Waals surface area contributed by atoms with E-state index in [1.165, 1.54) is 6.42 Å². The van der Waals surface area contributed by atoms with Crippen LogP contribution < -0.4 is 5.32 Å². The highest BCUT2D eigenvalue weighted by Crippen LogP contribution is 2.25. The molecular formula is C13H28N2O. The van der Waals surface area contributed by atoms with E-state index in [2.05, 4.69) is 44.8 Å². The van der Waals surface area contributed by atoms with Crippen LogP contribution in [0.5, 0.6) is 0 Å². The molecule has 96 valence electrons. The van der Waals surface area contributed by atoms with Crippen molar-refractivity contribution in [3.05, 3.63) is 0 Å². The first-order valence-electron chi connectivity index (χ1n) is 6.51. The second-order valence-corrected chi connectivity index (χ2v) is 5.70. The molecule has 1 saturated heterocycles. The minimum absolute atomic E-state index is 0.242. The van der Waals surface area contributed by atoms with Crippen molar-refractivity contribution in [2.24, 2.45) is 0 Å². The van der Waals surface area contributed by atoms with E-state index in [1.807, 2.05) is 0 Å². The van der Waals surface area contributed by atoms with Crippen molar-refractivity contribution < 1.29 is 4.74 Å². The van der Waals surface area contributed by atoms with Gasteiger partial charge < -0.3 is 10.1 Å². The van der Waals surface area contributed by atoms with E-state index in [0.29, 0.717) is 0 Å². The van der Waals surface area contributed by atoms with Gasteiger partial charge in [-0.2, -0.15) is 0 Å². The molecule has 0 aromatic carbocycles. The van der Waals surface area contributed by atoms with E-state index < -0.39 is 0 Å². The fourth-order valence-electron chi connectivity index (χ4n) is 2.17. The molecule has 0 aromatic heterocycles. The van der Waals surface area contributed by atoms with E-state index in [-0.39, 0.29) is 11.1 Å². The summed E-state index contributed by atoms with van der Waals surface area (Å²) in [4.78, 5) is 2.56. The Balaban J connectivity index is 2.54. The van der Waals surface area contributed by atoms with E-state index in [0.717, 1.165) is 32.8 Å². The Labute approximate surface area is 101 Å². The lowest BCUT2D eigenvalue weighted by Crippen LogP contribution is -2.67. The van der Waals surface area contributed by atoms with Crippen LogP contribution in [0.25, 0.3) is 0 Å². The molecule has 0 saturated carbocycles. The van der Waals surface area contributed by atoms with Crippen LogP contribution in [0.4, 0.5) is 0 Å². The maximum Gasteiger partial charge on any atom is 0.0593 e. The minimum atomic E-state index is 0.242. The predicted octanol–water partition coefficient (Wildman–Crippen LogP) is 1.88. The summed E-state index contributed by atoms with van der Waals surface area (Å²) in [5.41, 5.74) is 0.507. The van der Waals surface area contributed by atoms with Crippen LogP contribution in [0.1, 0.15) is 41.0 Å². The number of nitrogens with zero attached hydrogens (tertiary/aromatic N) is 1. The lowest BCUT2D eigenvalue weighted by Gasteiger charge is -2.50. The normalized spacial score (nSPS) is 30.6. The molecule has 1 unspecified atom stereocenters. The van der Waals surface area contributed by atoms with E-state index >= 15 is 0 Å². The van der Waals surface area contributed by atoms with Crippen molar-refractivity contribution in [3.8, 4) is 0 Å². The zero-order valence-corrected chi connectivity index (χ0v) is 11.6. The standard InChI is InChI=1S/C13H28N2O/c1-6-13(5)11-15(8-9-16-7-2)12(3,4)10-14-13/h14H,6-11H2,1-5H3. The molecule has 1 aliphatic rings. The highest BCUT2D eigenvalue weighted by molar-refractivity contribution is 4.98. The van der Waals surface area contributed by atoms with Crippen LogP contribution >= 0.6 is 0 Å². The van der Waals surface area contributed by atoms with E-state index in [4.69, 9.17) is 4.74 Å². The summed E-state index contributed by atoms with van der Waals surface area (Å²) >= 11 is 0. The van der Waals surface area contributed by atoms with Gasteiger partial charge in [-0.05, 0) is 34.1 Å². The summed E-state index contributed by atoms with van der Waals surface area (Å²) in [5, 5.41) is 3.67. The monoisotopic (exact) mass is 228 g/mol. The largest absolute Gasteiger partial charge is 0.380 e. The second kappa shape index (κ2) is 5.48. The first kappa shape index (κ1) is 13.9. The Kier molecular flexibility index (Phi) is 4.77. The molecule has 0 aromatic rings. The van der Waals surface area contributed by atoms with Crippen molar-refractivity contribution >= 4 is 0 Å². The first-order chi connectivity index (χ1) is 7.43. The Morgan fingerprint density at radius 2 is 1.94 bits per heavy atom. The average Bonchev–Trinajstić information content (AvgIpc) is 2.24. The number of piperazine rings is 1. The Hall–Kier alpha value is -0.120. The quantitative estimate of drug-likeness (QED) is 0.727. The minimum Gasteiger partial charge on any atom is -0.380 e. The third-order valence-electron chi connectivity index (χ3n) is 3.83. The zero-order chi connectivity index (χ0) is 12.2. The summed E-state index contributed by atoms with van der Waals surface area (Å²) < 4.78 is 5.47. The molecule has 0 bridgehead atoms. The summed E-state index contributed by atoms with van der Waals surface area (Å²) in [6.45, 7) is 16.1. The average molecular weight is 228 g/mol. The fourth-order valence-corrected chi connectivity index (χ4v) is 2.17. The lowest BCUT2D eigenvalue weighted by atomic mass is 9.88. The highest BCUT2D eigenvalue weighted by Gasteiger charge is 2.38. The third-order valence-corrected chi connectivity index (χ3v) is 3.83. The van der Waals surface area contributed by atoms with Gasteiger partial charge in [0.25, 0.3) is 0 Å². The van der Waals surface area contributed by atoms with Crippen molar-refractivity contribution in [2.45, 2.75) is 52.1 Å². The molecule has 0 radical (unpaired) electrons. The number of ether oxygens (including phenoxy) is 1. The Morgan fingerprint density at radius 3 is 2.50 bits per heavy atom. The lowest BCUT2D eigenvalue weighted by molar-refractivity contribution is 0.00710. The van der Waals surface area contributed by atoms with Crippen molar-refractivity contribution in [1.29, 1.82) is 0 Å². The van der Waals surface area contributed by atoms with Crippen LogP contribution in [-0.2, 0) is 4.74 Å². The van der Waals surface area contributed by atoms with Gasteiger partial charge >= 0.3 is 0 Å². The smallest absolute Gasteiger partial charge is 0.0593 e. The summed E-state index contributed by atoms with van der Waals surface area (Å²) in [5.74, 6) is 0. The van der Waals surface area contributed by atoms with Gasteiger partial charge in [0.15, 0.2) is 0 Å². The number of hydrogen-bond acceptors (Lipinski definition) is 3. The van der Waals surface area contributed by atoms with Crippen LogP contribution in [0.2, 0.25) is 0 Å². The highest BCUT2D eigenvalue weighted by atomic mass is 16.5. The van der Waals surface area contributed by atoms with Gasteiger partial charge in [-0.25, -0.2) is 0 Å². The van der Waals surface area contributed by atoms with Crippen molar-refractivity contribution in [1.82, 2.24) is 10.2 Å². The molecule has 1 N–H and O–H groups in total. The summed E-state index contributed by atoms with van der Waals surface area (Å²) in [6.07, 6.45) is 1.17. The van der Waals surface area contributed by atoms with Crippen LogP contribution in [0.3, 0.4) is 0 Å². The maximum absolute atomic E-state index is 5.47. The molecule has 3 nitrogen and oxygen atoms in total. The van der Waals surface area contributed by atoms with Gasteiger partial charge in [-0.3, -0.25) is 4.90 Å². The zero-order valence-electron chi connectivity index (χ0n) is 11.6. The van der Waals surface area contributed by atoms with Gasteiger partial charge in [-0.1, -0.05) is 6.92 Å². The Bertz CT molecular complexity index is 218. The SMILES string of the molecule is CCOCCN1CC(C)(CC)NCC1(C)C. The molecule has 16 heavy (non-hydrogen) atoms. The topological polar surface area (TPSA) is 24.5 Å². The van der Waals surface area contributed by atoms with Gasteiger partial charge in [-0.15, -0.1) is 0 Å². The molecule has 0 spiro atoms. The number of rotatable bonds is 5. The predicted molar refractivity (Wildman–Crippen MR) is 68.8 cm³/mol. The molecule has 1 rings (SSSR count). The second-order valence-electron chi connectivity index (χ2n) is 5.70. The van der Waals surface area contributed by atoms with Crippen LogP contribution in [0, 0.1) is 0 Å². The molecular weight excluding hydrogens is 200 g/mol. The molecule has 1 atom stereocenters. The van der Waals surface area contributed by atoms with Gasteiger partial charge in [0.1, 0.15) is 0 Å². The molecule has 0 amide bonds.